The molecule has 2 rings (SSSR count). The van der Waals surface area contributed by atoms with Gasteiger partial charge >= 0.3 is 0 Å². The van der Waals surface area contributed by atoms with Crippen LogP contribution in [-0.4, -0.2) is 72.6 Å². The Kier molecular flexibility index (Phi) is 9.09. The molecule has 2 aliphatic rings. The maximum Gasteiger partial charge on any atom is 0.0113 e. The molecule has 0 radical (unpaired) electrons. The zero-order valence-corrected chi connectivity index (χ0v) is 19.6. The third-order valence-electron chi connectivity index (χ3n) is 7.47. The molecule has 3 heteroatoms. The van der Waals surface area contributed by atoms with Crippen molar-refractivity contribution in [1.82, 2.24) is 14.7 Å². The molecule has 0 aromatic rings. The number of piperazine rings is 1. The Labute approximate surface area is 170 Å². The molecule has 1 atom stereocenters. The minimum absolute atomic E-state index is 0.469. The highest BCUT2D eigenvalue weighted by atomic mass is 15.3. The van der Waals surface area contributed by atoms with Gasteiger partial charge in [0.1, 0.15) is 0 Å². The summed E-state index contributed by atoms with van der Waals surface area (Å²) in [5.41, 5.74) is 0.469. The number of nitrogens with zero attached hydrogens (tertiary/aromatic N) is 3. The van der Waals surface area contributed by atoms with Crippen molar-refractivity contribution in [2.45, 2.75) is 92.7 Å². The molecule has 2 heterocycles. The van der Waals surface area contributed by atoms with E-state index in [4.69, 9.17) is 0 Å². The van der Waals surface area contributed by atoms with E-state index in [0.29, 0.717) is 11.5 Å². The average Bonchev–Trinajstić information content (AvgIpc) is 2.61. The Morgan fingerprint density at radius 3 is 1.93 bits per heavy atom. The van der Waals surface area contributed by atoms with Gasteiger partial charge in [0.05, 0.1) is 0 Å². The summed E-state index contributed by atoms with van der Waals surface area (Å²) in [5, 5.41) is 0. The third-order valence-corrected chi connectivity index (χ3v) is 7.47. The predicted octanol–water partition coefficient (Wildman–Crippen LogP) is 4.97. The van der Waals surface area contributed by atoms with Gasteiger partial charge in [0, 0.05) is 38.3 Å². The van der Waals surface area contributed by atoms with E-state index in [9.17, 15) is 0 Å². The van der Waals surface area contributed by atoms with E-state index < -0.39 is 0 Å². The van der Waals surface area contributed by atoms with Crippen molar-refractivity contribution in [2.24, 2.45) is 17.3 Å². The van der Waals surface area contributed by atoms with Crippen LogP contribution in [0, 0.1) is 17.3 Å². The molecule has 2 saturated heterocycles. The quantitative estimate of drug-likeness (QED) is 0.560. The first kappa shape index (κ1) is 23.2. The van der Waals surface area contributed by atoms with Crippen LogP contribution in [0.4, 0.5) is 0 Å². The largest absolute Gasteiger partial charge is 0.301 e. The summed E-state index contributed by atoms with van der Waals surface area (Å²) >= 11 is 0. The number of rotatable bonds is 9. The van der Waals surface area contributed by atoms with Crippen molar-refractivity contribution < 1.29 is 0 Å². The molecule has 0 saturated carbocycles. The van der Waals surface area contributed by atoms with Crippen molar-refractivity contribution in [2.75, 3.05) is 45.8 Å². The summed E-state index contributed by atoms with van der Waals surface area (Å²) in [5.74, 6) is 1.74. The Hall–Kier alpha value is -0.120. The molecule has 0 aromatic heterocycles. The highest BCUT2D eigenvalue weighted by Crippen LogP contribution is 2.39. The van der Waals surface area contributed by atoms with Crippen molar-refractivity contribution in [3.05, 3.63) is 0 Å². The zero-order chi connectivity index (χ0) is 20.0. The topological polar surface area (TPSA) is 9.72 Å². The van der Waals surface area contributed by atoms with Gasteiger partial charge < -0.3 is 9.80 Å². The summed E-state index contributed by atoms with van der Waals surface area (Å²) in [6, 6.07) is 1.44. The van der Waals surface area contributed by atoms with E-state index in [2.05, 4.69) is 63.2 Å². The number of hydrogen-bond donors (Lipinski definition) is 0. The molecule has 2 fully saturated rings. The minimum Gasteiger partial charge on any atom is -0.301 e. The van der Waals surface area contributed by atoms with E-state index in [1.54, 1.807) is 0 Å². The van der Waals surface area contributed by atoms with E-state index in [-0.39, 0.29) is 0 Å². The predicted molar refractivity (Wildman–Crippen MR) is 119 cm³/mol. The molecule has 27 heavy (non-hydrogen) atoms. The number of likely N-dealkylation sites (tertiary alicyclic amines) is 1. The molecule has 0 aromatic carbocycles. The molecular weight excluding hydrogens is 330 g/mol. The molecule has 0 spiro atoms. The Balaban J connectivity index is 1.72. The summed E-state index contributed by atoms with van der Waals surface area (Å²) in [6.07, 6.45) is 6.88. The van der Waals surface area contributed by atoms with Crippen molar-refractivity contribution in [3.63, 3.8) is 0 Å². The van der Waals surface area contributed by atoms with Gasteiger partial charge in [-0.05, 0) is 89.8 Å². The van der Waals surface area contributed by atoms with Crippen LogP contribution in [0.15, 0.2) is 0 Å². The highest BCUT2D eigenvalue weighted by Gasteiger charge is 2.35. The lowest BCUT2D eigenvalue weighted by molar-refractivity contribution is 0.0388. The SMILES string of the molecule is CC(C)CCCN1CCN(C(C)CC(C)(C)C2CCN(C(C)C)CC2)CC1. The summed E-state index contributed by atoms with van der Waals surface area (Å²) in [6.45, 7) is 25.9. The van der Waals surface area contributed by atoms with Gasteiger partial charge in [0.2, 0.25) is 0 Å². The minimum atomic E-state index is 0.469. The fourth-order valence-electron chi connectivity index (χ4n) is 5.41. The number of hydrogen-bond acceptors (Lipinski definition) is 3. The second-order valence-electron chi connectivity index (χ2n) is 10.9. The maximum atomic E-state index is 2.77. The van der Waals surface area contributed by atoms with Crippen molar-refractivity contribution in [1.29, 1.82) is 0 Å². The summed E-state index contributed by atoms with van der Waals surface area (Å²) in [4.78, 5) is 8.12. The van der Waals surface area contributed by atoms with Crippen LogP contribution >= 0.6 is 0 Å². The summed E-state index contributed by atoms with van der Waals surface area (Å²) < 4.78 is 0. The second kappa shape index (κ2) is 10.6. The first-order valence-corrected chi connectivity index (χ1v) is 11.9. The van der Waals surface area contributed by atoms with Gasteiger partial charge in [-0.25, -0.2) is 0 Å². The fourth-order valence-corrected chi connectivity index (χ4v) is 5.41. The van der Waals surface area contributed by atoms with Crippen LogP contribution in [0.1, 0.15) is 80.6 Å². The van der Waals surface area contributed by atoms with Gasteiger partial charge in [0.15, 0.2) is 0 Å². The Morgan fingerprint density at radius 2 is 1.41 bits per heavy atom. The molecule has 1 unspecified atom stereocenters. The first-order valence-electron chi connectivity index (χ1n) is 11.9. The van der Waals surface area contributed by atoms with E-state index >= 15 is 0 Å². The van der Waals surface area contributed by atoms with Crippen LogP contribution in [0.25, 0.3) is 0 Å². The van der Waals surface area contributed by atoms with Gasteiger partial charge in [-0.3, -0.25) is 4.90 Å². The Morgan fingerprint density at radius 1 is 0.815 bits per heavy atom. The van der Waals surface area contributed by atoms with Gasteiger partial charge in [-0.1, -0.05) is 27.7 Å². The van der Waals surface area contributed by atoms with E-state index in [1.807, 2.05) is 0 Å². The van der Waals surface area contributed by atoms with E-state index in [1.165, 1.54) is 77.9 Å². The van der Waals surface area contributed by atoms with Gasteiger partial charge in [-0.2, -0.15) is 0 Å². The Bertz CT molecular complexity index is 402. The standard InChI is InChI=1S/C24H49N3/c1-20(2)9-8-12-25-15-17-27(18-16-25)22(5)19-24(6,7)23-10-13-26(14-11-23)21(3)4/h20-23H,8-19H2,1-7H3. The molecule has 2 aliphatic heterocycles. The zero-order valence-electron chi connectivity index (χ0n) is 19.6. The molecule has 0 bridgehead atoms. The number of piperidine rings is 1. The lowest BCUT2D eigenvalue weighted by atomic mass is 9.70. The molecular formula is C24H49N3. The monoisotopic (exact) mass is 379 g/mol. The first-order chi connectivity index (χ1) is 12.7. The second-order valence-corrected chi connectivity index (χ2v) is 10.9. The third kappa shape index (κ3) is 7.33. The van der Waals surface area contributed by atoms with Gasteiger partial charge in [-0.15, -0.1) is 0 Å². The van der Waals surface area contributed by atoms with Crippen LogP contribution in [-0.2, 0) is 0 Å². The smallest absolute Gasteiger partial charge is 0.0113 e. The van der Waals surface area contributed by atoms with Crippen LogP contribution in [0.5, 0.6) is 0 Å². The van der Waals surface area contributed by atoms with Crippen LogP contribution < -0.4 is 0 Å². The molecule has 0 N–H and O–H groups in total. The van der Waals surface area contributed by atoms with Crippen molar-refractivity contribution in [3.8, 4) is 0 Å². The highest BCUT2D eigenvalue weighted by molar-refractivity contribution is 4.88. The maximum absolute atomic E-state index is 2.77. The molecule has 160 valence electrons. The molecule has 3 nitrogen and oxygen atoms in total. The van der Waals surface area contributed by atoms with Gasteiger partial charge in [0.25, 0.3) is 0 Å². The molecule has 0 aliphatic carbocycles. The van der Waals surface area contributed by atoms with E-state index in [0.717, 1.165) is 17.9 Å². The fraction of sp³-hybridized carbons (Fsp3) is 1.00. The normalized spacial score (nSPS) is 23.4. The van der Waals surface area contributed by atoms with Crippen LogP contribution in [0.3, 0.4) is 0 Å². The average molecular weight is 380 g/mol. The lowest BCUT2D eigenvalue weighted by Gasteiger charge is -2.45. The van der Waals surface area contributed by atoms with Crippen LogP contribution in [0.2, 0.25) is 0 Å². The molecule has 0 amide bonds. The lowest BCUT2D eigenvalue weighted by Crippen LogP contribution is -2.51. The van der Waals surface area contributed by atoms with Crippen molar-refractivity contribution >= 4 is 0 Å². The summed E-state index contributed by atoms with van der Waals surface area (Å²) in [7, 11) is 0.